The number of aryl methyl sites for hydroxylation is 2. The molecular formula is C19H26N4O2. The molecule has 1 N–H and O–H groups in total. The molecule has 6 heteroatoms. The Labute approximate surface area is 148 Å². The van der Waals surface area contributed by atoms with Crippen molar-refractivity contribution < 1.29 is 9.32 Å². The van der Waals surface area contributed by atoms with Crippen molar-refractivity contribution in [3.8, 4) is 0 Å². The van der Waals surface area contributed by atoms with E-state index in [-0.39, 0.29) is 5.91 Å². The molecule has 1 saturated heterocycles. The molecule has 0 radical (unpaired) electrons. The molecule has 25 heavy (non-hydrogen) atoms. The zero-order chi connectivity index (χ0) is 17.5. The summed E-state index contributed by atoms with van der Waals surface area (Å²) in [5, 5.41) is 6.56. The standard InChI is InChI=1S/C19H26N4O2/c1-16-14-18(21-25-16)20-19(24)15-23-12-10-22(11-13-23)9-5-8-17-6-3-2-4-7-17/h2-4,6-7,14H,5,8-13,15H2,1H3,(H,20,21,24). The lowest BCUT2D eigenvalue weighted by Crippen LogP contribution is -2.48. The van der Waals surface area contributed by atoms with Crippen LogP contribution in [-0.2, 0) is 11.2 Å². The molecule has 0 aliphatic carbocycles. The summed E-state index contributed by atoms with van der Waals surface area (Å²) in [5.41, 5.74) is 1.40. The fraction of sp³-hybridized carbons (Fsp3) is 0.474. The zero-order valence-electron chi connectivity index (χ0n) is 14.8. The monoisotopic (exact) mass is 342 g/mol. The van der Waals surface area contributed by atoms with Crippen molar-refractivity contribution in [2.24, 2.45) is 0 Å². The van der Waals surface area contributed by atoms with Crippen molar-refractivity contribution in [3.05, 3.63) is 47.7 Å². The number of nitrogens with one attached hydrogen (secondary N) is 1. The first-order valence-electron chi connectivity index (χ1n) is 8.91. The highest BCUT2D eigenvalue weighted by atomic mass is 16.5. The van der Waals surface area contributed by atoms with Gasteiger partial charge in [-0.3, -0.25) is 9.69 Å². The summed E-state index contributed by atoms with van der Waals surface area (Å²) < 4.78 is 4.95. The third kappa shape index (κ3) is 5.69. The van der Waals surface area contributed by atoms with Crippen LogP contribution in [0.1, 0.15) is 17.7 Å². The highest BCUT2D eigenvalue weighted by Crippen LogP contribution is 2.09. The fourth-order valence-corrected chi connectivity index (χ4v) is 3.13. The van der Waals surface area contributed by atoms with Crippen molar-refractivity contribution in [1.29, 1.82) is 0 Å². The number of anilines is 1. The van der Waals surface area contributed by atoms with E-state index in [9.17, 15) is 4.79 Å². The minimum absolute atomic E-state index is 0.0363. The number of carbonyl (C=O) groups is 1. The Balaban J connectivity index is 1.32. The number of amides is 1. The van der Waals surface area contributed by atoms with Gasteiger partial charge in [0.15, 0.2) is 5.82 Å². The van der Waals surface area contributed by atoms with Crippen LogP contribution in [0.5, 0.6) is 0 Å². The molecule has 1 aromatic heterocycles. The maximum atomic E-state index is 12.1. The van der Waals surface area contributed by atoms with Gasteiger partial charge in [-0.2, -0.15) is 0 Å². The van der Waals surface area contributed by atoms with Gasteiger partial charge in [-0.15, -0.1) is 0 Å². The quantitative estimate of drug-likeness (QED) is 0.836. The van der Waals surface area contributed by atoms with Gasteiger partial charge >= 0.3 is 0 Å². The van der Waals surface area contributed by atoms with Crippen LogP contribution in [0.25, 0.3) is 0 Å². The largest absolute Gasteiger partial charge is 0.360 e. The van der Waals surface area contributed by atoms with Crippen molar-refractivity contribution in [1.82, 2.24) is 15.0 Å². The number of hydrogen-bond donors (Lipinski definition) is 1. The minimum Gasteiger partial charge on any atom is -0.360 e. The highest BCUT2D eigenvalue weighted by molar-refractivity contribution is 5.91. The third-order valence-corrected chi connectivity index (χ3v) is 4.51. The van der Waals surface area contributed by atoms with Gasteiger partial charge < -0.3 is 14.7 Å². The van der Waals surface area contributed by atoms with Crippen LogP contribution in [0.3, 0.4) is 0 Å². The summed E-state index contributed by atoms with van der Waals surface area (Å²) in [6.07, 6.45) is 2.30. The van der Waals surface area contributed by atoms with Crippen molar-refractivity contribution in [2.75, 3.05) is 44.6 Å². The van der Waals surface area contributed by atoms with Crippen LogP contribution >= 0.6 is 0 Å². The second kappa shape index (κ2) is 8.78. The number of hydrogen-bond acceptors (Lipinski definition) is 5. The molecule has 1 amide bonds. The second-order valence-electron chi connectivity index (χ2n) is 6.58. The van der Waals surface area contributed by atoms with Gasteiger partial charge in [0.1, 0.15) is 5.76 Å². The molecular weight excluding hydrogens is 316 g/mol. The Hall–Kier alpha value is -2.18. The smallest absolute Gasteiger partial charge is 0.239 e. The number of piperazine rings is 1. The summed E-state index contributed by atoms with van der Waals surface area (Å²) >= 11 is 0. The number of benzene rings is 1. The first kappa shape index (κ1) is 17.6. The van der Waals surface area contributed by atoms with E-state index in [1.165, 1.54) is 12.0 Å². The molecule has 0 saturated carbocycles. The van der Waals surface area contributed by atoms with E-state index >= 15 is 0 Å². The Kier molecular flexibility index (Phi) is 6.19. The Morgan fingerprint density at radius 1 is 1.16 bits per heavy atom. The molecule has 1 aliphatic heterocycles. The normalized spacial score (nSPS) is 16.0. The topological polar surface area (TPSA) is 61.6 Å². The number of aromatic nitrogens is 1. The molecule has 2 aromatic rings. The van der Waals surface area contributed by atoms with Crippen LogP contribution in [0.4, 0.5) is 5.82 Å². The average molecular weight is 342 g/mol. The molecule has 1 aliphatic rings. The van der Waals surface area contributed by atoms with Gasteiger partial charge in [-0.1, -0.05) is 35.5 Å². The van der Waals surface area contributed by atoms with Crippen LogP contribution < -0.4 is 5.32 Å². The van der Waals surface area contributed by atoms with Gasteiger partial charge in [0.25, 0.3) is 0 Å². The molecule has 6 nitrogen and oxygen atoms in total. The summed E-state index contributed by atoms with van der Waals surface area (Å²) in [6, 6.07) is 12.4. The number of carbonyl (C=O) groups excluding carboxylic acids is 1. The number of rotatable bonds is 7. The van der Waals surface area contributed by atoms with Crippen LogP contribution in [0.2, 0.25) is 0 Å². The summed E-state index contributed by atoms with van der Waals surface area (Å²) in [5.74, 6) is 1.15. The van der Waals surface area contributed by atoms with Crippen LogP contribution in [-0.4, -0.2) is 60.1 Å². The van der Waals surface area contributed by atoms with E-state index in [2.05, 4.69) is 50.6 Å². The molecule has 2 heterocycles. The SMILES string of the molecule is Cc1cc(NC(=O)CN2CCN(CCCc3ccccc3)CC2)no1. The highest BCUT2D eigenvalue weighted by Gasteiger charge is 2.19. The average Bonchev–Trinajstić information content (AvgIpc) is 3.02. The predicted molar refractivity (Wildman–Crippen MR) is 97.5 cm³/mol. The van der Waals surface area contributed by atoms with Gasteiger partial charge in [-0.05, 0) is 31.9 Å². The minimum atomic E-state index is -0.0363. The lowest BCUT2D eigenvalue weighted by Gasteiger charge is -2.34. The molecule has 0 spiro atoms. The van der Waals surface area contributed by atoms with E-state index in [1.807, 2.05) is 0 Å². The molecule has 1 fully saturated rings. The van der Waals surface area contributed by atoms with Crippen molar-refractivity contribution in [3.63, 3.8) is 0 Å². The predicted octanol–water partition coefficient (Wildman–Crippen LogP) is 2.17. The first-order chi connectivity index (χ1) is 12.2. The van der Waals surface area contributed by atoms with E-state index < -0.39 is 0 Å². The summed E-state index contributed by atoms with van der Waals surface area (Å²) in [4.78, 5) is 16.7. The lowest BCUT2D eigenvalue weighted by molar-refractivity contribution is -0.117. The molecule has 3 rings (SSSR count). The molecule has 1 aromatic carbocycles. The van der Waals surface area contributed by atoms with Crippen LogP contribution in [0.15, 0.2) is 40.9 Å². The van der Waals surface area contributed by atoms with Gasteiger partial charge in [-0.25, -0.2) is 0 Å². The third-order valence-electron chi connectivity index (χ3n) is 4.51. The Morgan fingerprint density at radius 2 is 1.88 bits per heavy atom. The van der Waals surface area contributed by atoms with Crippen LogP contribution in [0, 0.1) is 6.92 Å². The van der Waals surface area contributed by atoms with Crippen molar-refractivity contribution in [2.45, 2.75) is 19.8 Å². The summed E-state index contributed by atoms with van der Waals surface area (Å²) in [7, 11) is 0. The molecule has 134 valence electrons. The van der Waals surface area contributed by atoms with Gasteiger partial charge in [0.05, 0.1) is 6.54 Å². The van der Waals surface area contributed by atoms with Crippen molar-refractivity contribution >= 4 is 11.7 Å². The fourth-order valence-electron chi connectivity index (χ4n) is 3.13. The molecule has 0 atom stereocenters. The lowest BCUT2D eigenvalue weighted by atomic mass is 10.1. The Bertz CT molecular complexity index is 663. The molecule has 0 bridgehead atoms. The molecule has 0 unspecified atom stereocenters. The number of nitrogens with zero attached hydrogens (tertiary/aromatic N) is 3. The second-order valence-corrected chi connectivity index (χ2v) is 6.58. The maximum absolute atomic E-state index is 12.1. The van der Waals surface area contributed by atoms with E-state index in [1.54, 1.807) is 13.0 Å². The zero-order valence-corrected chi connectivity index (χ0v) is 14.8. The van der Waals surface area contributed by atoms with E-state index in [0.29, 0.717) is 18.1 Å². The van der Waals surface area contributed by atoms with E-state index in [0.717, 1.165) is 39.1 Å². The van der Waals surface area contributed by atoms with Gasteiger partial charge in [0.2, 0.25) is 5.91 Å². The van der Waals surface area contributed by atoms with E-state index in [4.69, 9.17) is 4.52 Å². The Morgan fingerprint density at radius 3 is 2.56 bits per heavy atom. The first-order valence-corrected chi connectivity index (χ1v) is 8.91. The van der Waals surface area contributed by atoms with Gasteiger partial charge in [0, 0.05) is 32.2 Å². The summed E-state index contributed by atoms with van der Waals surface area (Å²) in [6.45, 7) is 7.22. The maximum Gasteiger partial charge on any atom is 0.239 e.